The summed E-state index contributed by atoms with van der Waals surface area (Å²) in [7, 11) is 0. The van der Waals surface area contributed by atoms with Gasteiger partial charge < -0.3 is 20.1 Å². The molecule has 0 radical (unpaired) electrons. The largest absolute Gasteiger partial charge is 0.545 e. The van der Waals surface area contributed by atoms with E-state index in [0.717, 1.165) is 12.1 Å². The first-order valence-electron chi connectivity index (χ1n) is 6.05. The summed E-state index contributed by atoms with van der Waals surface area (Å²) in [6, 6.07) is 1.58. The highest BCUT2D eigenvalue weighted by atomic mass is 16.6. The van der Waals surface area contributed by atoms with Gasteiger partial charge in [0.2, 0.25) is 0 Å². The van der Waals surface area contributed by atoms with E-state index in [1.54, 1.807) is 0 Å². The average molecular weight is 295 g/mol. The normalized spacial score (nSPS) is 14.8. The molecule has 0 aromatic heterocycles. The molecule has 0 bridgehead atoms. The quantitative estimate of drug-likeness (QED) is 0.566. The summed E-state index contributed by atoms with van der Waals surface area (Å²) in [6.07, 6.45) is 0. The van der Waals surface area contributed by atoms with Crippen molar-refractivity contribution in [2.45, 2.75) is 0 Å². The van der Waals surface area contributed by atoms with E-state index in [1.165, 1.54) is 4.90 Å². The lowest BCUT2D eigenvalue weighted by Crippen LogP contribution is -2.44. The summed E-state index contributed by atoms with van der Waals surface area (Å²) in [6.45, 7) is 1.76. The van der Waals surface area contributed by atoms with Crippen LogP contribution in [0, 0.1) is 20.2 Å². The third-order valence-electron chi connectivity index (χ3n) is 3.13. The number of anilines is 1. The van der Waals surface area contributed by atoms with Gasteiger partial charge in [-0.1, -0.05) is 0 Å². The molecule has 1 aromatic carbocycles. The van der Waals surface area contributed by atoms with Gasteiger partial charge in [0.15, 0.2) is 5.69 Å². The number of carboxylic acids is 1. The number of carbonyl (C=O) groups excluding carboxylic acids is 1. The minimum Gasteiger partial charge on any atom is -0.545 e. The van der Waals surface area contributed by atoms with Crippen molar-refractivity contribution in [2.75, 3.05) is 31.1 Å². The standard InChI is InChI=1S/C11H12N4O6/c16-11(17)7-5-8(14(18)19)10(9(6-7)15(20)21)13-3-1-12-2-4-13/h5-6,12H,1-4H2,(H,16,17)/p-1. The minimum atomic E-state index is -1.70. The highest BCUT2D eigenvalue weighted by Crippen LogP contribution is 2.38. The van der Waals surface area contributed by atoms with Gasteiger partial charge in [-0.2, -0.15) is 0 Å². The van der Waals surface area contributed by atoms with Gasteiger partial charge in [0.05, 0.1) is 15.8 Å². The number of nitro benzene ring substituents is 2. The Morgan fingerprint density at radius 2 is 1.57 bits per heavy atom. The first-order valence-corrected chi connectivity index (χ1v) is 6.05. The molecule has 1 saturated heterocycles. The average Bonchev–Trinajstić information content (AvgIpc) is 2.46. The molecule has 0 spiro atoms. The Hall–Kier alpha value is -2.75. The predicted octanol–water partition coefficient (Wildman–Crippen LogP) is -0.724. The smallest absolute Gasteiger partial charge is 0.300 e. The zero-order valence-electron chi connectivity index (χ0n) is 10.8. The van der Waals surface area contributed by atoms with Crippen molar-refractivity contribution in [1.29, 1.82) is 0 Å². The van der Waals surface area contributed by atoms with E-state index < -0.39 is 32.8 Å². The summed E-state index contributed by atoms with van der Waals surface area (Å²) < 4.78 is 0. The van der Waals surface area contributed by atoms with Crippen LogP contribution < -0.4 is 15.3 Å². The Kier molecular flexibility index (Phi) is 3.98. The van der Waals surface area contributed by atoms with Crippen molar-refractivity contribution in [3.05, 3.63) is 37.9 Å². The molecule has 1 fully saturated rings. The molecule has 112 valence electrons. The van der Waals surface area contributed by atoms with Gasteiger partial charge in [-0.05, 0) is 0 Å². The third kappa shape index (κ3) is 2.89. The van der Waals surface area contributed by atoms with Crippen LogP contribution in [-0.2, 0) is 0 Å². The van der Waals surface area contributed by atoms with E-state index in [2.05, 4.69) is 5.32 Å². The topological polar surface area (TPSA) is 142 Å². The van der Waals surface area contributed by atoms with E-state index in [-0.39, 0.29) is 5.69 Å². The van der Waals surface area contributed by atoms with Crippen molar-refractivity contribution in [3.8, 4) is 0 Å². The molecule has 1 aliphatic rings. The van der Waals surface area contributed by atoms with Gasteiger partial charge in [-0.15, -0.1) is 0 Å². The summed E-state index contributed by atoms with van der Waals surface area (Å²) in [5, 5.41) is 36.2. The van der Waals surface area contributed by atoms with E-state index >= 15 is 0 Å². The van der Waals surface area contributed by atoms with E-state index in [0.29, 0.717) is 26.2 Å². The second kappa shape index (κ2) is 5.71. The summed E-state index contributed by atoms with van der Waals surface area (Å²) in [5.41, 5.74) is -1.97. The highest BCUT2D eigenvalue weighted by molar-refractivity contribution is 5.91. The van der Waals surface area contributed by atoms with Crippen LogP contribution in [0.3, 0.4) is 0 Å². The number of hydrogen-bond donors (Lipinski definition) is 1. The number of rotatable bonds is 4. The Morgan fingerprint density at radius 1 is 1.10 bits per heavy atom. The number of carboxylic acid groups (broad SMARTS) is 1. The van der Waals surface area contributed by atoms with Crippen molar-refractivity contribution in [2.24, 2.45) is 0 Å². The predicted molar refractivity (Wildman–Crippen MR) is 69.2 cm³/mol. The molecule has 0 aliphatic carbocycles. The first kappa shape index (κ1) is 14.7. The molecule has 21 heavy (non-hydrogen) atoms. The minimum absolute atomic E-state index is 0.170. The first-order chi connectivity index (χ1) is 9.91. The van der Waals surface area contributed by atoms with Crippen LogP contribution >= 0.6 is 0 Å². The lowest BCUT2D eigenvalue weighted by Gasteiger charge is -2.28. The molecule has 0 atom stereocenters. The number of aromatic carboxylic acids is 1. The summed E-state index contributed by atoms with van der Waals surface area (Å²) in [4.78, 5) is 33.0. The molecule has 1 N–H and O–H groups in total. The van der Waals surface area contributed by atoms with Gasteiger partial charge >= 0.3 is 0 Å². The van der Waals surface area contributed by atoms with E-state index in [4.69, 9.17) is 0 Å². The monoisotopic (exact) mass is 295 g/mol. The maximum absolute atomic E-state index is 11.1. The molecule has 0 saturated carbocycles. The number of benzene rings is 1. The lowest BCUT2D eigenvalue weighted by molar-refractivity contribution is -0.392. The highest BCUT2D eigenvalue weighted by Gasteiger charge is 2.31. The molecule has 10 nitrogen and oxygen atoms in total. The van der Waals surface area contributed by atoms with Crippen LogP contribution in [0.25, 0.3) is 0 Å². The Labute approximate surface area is 118 Å². The van der Waals surface area contributed by atoms with Crippen molar-refractivity contribution in [1.82, 2.24) is 5.32 Å². The summed E-state index contributed by atoms with van der Waals surface area (Å²) >= 11 is 0. The van der Waals surface area contributed by atoms with E-state index in [1.807, 2.05) is 0 Å². The van der Waals surface area contributed by atoms with Crippen LogP contribution in [0.2, 0.25) is 0 Å². The SMILES string of the molecule is O=C([O-])c1cc([N+](=O)[O-])c(N2CCNCC2)c([N+](=O)[O-])c1. The molecule has 2 rings (SSSR count). The Morgan fingerprint density at radius 3 is 1.95 bits per heavy atom. The van der Waals surface area contributed by atoms with Crippen LogP contribution in [-0.4, -0.2) is 42.0 Å². The molecule has 10 heteroatoms. The number of nitrogens with zero attached hydrogens (tertiary/aromatic N) is 3. The molecule has 1 aliphatic heterocycles. The lowest BCUT2D eigenvalue weighted by atomic mass is 10.1. The number of hydrogen-bond acceptors (Lipinski definition) is 8. The Bertz CT molecular complexity index is 576. The maximum atomic E-state index is 11.1. The molecule has 0 unspecified atom stereocenters. The fourth-order valence-electron chi connectivity index (χ4n) is 2.21. The molecule has 0 amide bonds. The number of piperazine rings is 1. The summed E-state index contributed by atoms with van der Waals surface area (Å²) in [5.74, 6) is -1.70. The zero-order chi connectivity index (χ0) is 15.6. The third-order valence-corrected chi connectivity index (χ3v) is 3.13. The molecular formula is C11H11N4O6-. The van der Waals surface area contributed by atoms with Gasteiger partial charge in [-0.25, -0.2) is 0 Å². The van der Waals surface area contributed by atoms with Crippen molar-refractivity contribution in [3.63, 3.8) is 0 Å². The van der Waals surface area contributed by atoms with Crippen LogP contribution in [0.5, 0.6) is 0 Å². The van der Waals surface area contributed by atoms with Crippen LogP contribution in [0.15, 0.2) is 12.1 Å². The van der Waals surface area contributed by atoms with Crippen LogP contribution in [0.1, 0.15) is 10.4 Å². The fraction of sp³-hybridized carbons (Fsp3) is 0.364. The van der Waals surface area contributed by atoms with Gasteiger partial charge in [0.25, 0.3) is 11.4 Å². The van der Waals surface area contributed by atoms with Gasteiger partial charge in [0, 0.05) is 43.9 Å². The van der Waals surface area contributed by atoms with Crippen LogP contribution in [0.4, 0.5) is 17.1 Å². The second-order valence-corrected chi connectivity index (χ2v) is 4.40. The fourth-order valence-corrected chi connectivity index (χ4v) is 2.21. The Balaban J connectivity index is 2.66. The molecule has 1 heterocycles. The number of nitro groups is 2. The maximum Gasteiger partial charge on any atom is 0.300 e. The van der Waals surface area contributed by atoms with Crippen molar-refractivity contribution >= 4 is 23.0 Å². The van der Waals surface area contributed by atoms with Gasteiger partial charge in [0.1, 0.15) is 0 Å². The molecule has 1 aromatic rings. The van der Waals surface area contributed by atoms with Gasteiger partial charge in [-0.3, -0.25) is 20.2 Å². The zero-order valence-corrected chi connectivity index (χ0v) is 10.8. The number of nitrogens with one attached hydrogen (secondary N) is 1. The number of carbonyl (C=O) groups is 1. The molecular weight excluding hydrogens is 284 g/mol. The second-order valence-electron chi connectivity index (χ2n) is 4.40. The van der Waals surface area contributed by atoms with Crippen molar-refractivity contribution < 1.29 is 19.7 Å². The van der Waals surface area contributed by atoms with E-state index in [9.17, 15) is 30.1 Å².